The SMILES string of the molecule is Cc1c(CNC(=O)[C@H](C)N2[C@@H](C)CC[C@@H]2C)cnn1C. The number of carbonyl (C=O) groups is 1. The lowest BCUT2D eigenvalue weighted by molar-refractivity contribution is -0.127. The topological polar surface area (TPSA) is 50.2 Å². The lowest BCUT2D eigenvalue weighted by atomic mass is 10.2. The second-order valence-corrected chi connectivity index (χ2v) is 6.00. The third-order valence-corrected chi connectivity index (χ3v) is 4.64. The van der Waals surface area contributed by atoms with Gasteiger partial charge in [0.2, 0.25) is 5.91 Å². The van der Waals surface area contributed by atoms with Crippen LogP contribution in [0.25, 0.3) is 0 Å². The zero-order valence-corrected chi connectivity index (χ0v) is 13.2. The number of hydrogen-bond acceptors (Lipinski definition) is 3. The minimum Gasteiger partial charge on any atom is -0.351 e. The van der Waals surface area contributed by atoms with Crippen molar-refractivity contribution in [2.45, 2.75) is 65.2 Å². The molecule has 112 valence electrons. The monoisotopic (exact) mass is 278 g/mol. The Bertz CT molecular complexity index is 472. The summed E-state index contributed by atoms with van der Waals surface area (Å²) in [7, 11) is 1.91. The fourth-order valence-electron chi connectivity index (χ4n) is 3.16. The van der Waals surface area contributed by atoms with Crippen LogP contribution >= 0.6 is 0 Å². The molecule has 5 nitrogen and oxygen atoms in total. The molecule has 0 spiro atoms. The Morgan fingerprint density at radius 1 is 1.45 bits per heavy atom. The third kappa shape index (κ3) is 2.87. The molecule has 1 N–H and O–H groups in total. The van der Waals surface area contributed by atoms with E-state index in [9.17, 15) is 4.79 Å². The van der Waals surface area contributed by atoms with E-state index >= 15 is 0 Å². The molecule has 1 aromatic heterocycles. The van der Waals surface area contributed by atoms with Gasteiger partial charge in [-0.05, 0) is 40.5 Å². The van der Waals surface area contributed by atoms with Crippen molar-refractivity contribution in [2.75, 3.05) is 0 Å². The van der Waals surface area contributed by atoms with Gasteiger partial charge in [-0.15, -0.1) is 0 Å². The maximum absolute atomic E-state index is 12.3. The summed E-state index contributed by atoms with van der Waals surface area (Å²) in [6.07, 6.45) is 4.18. The van der Waals surface area contributed by atoms with E-state index in [1.54, 1.807) is 0 Å². The molecular formula is C15H26N4O. The number of aryl methyl sites for hydroxylation is 1. The van der Waals surface area contributed by atoms with Gasteiger partial charge < -0.3 is 5.32 Å². The van der Waals surface area contributed by atoms with Crippen molar-refractivity contribution in [1.82, 2.24) is 20.0 Å². The zero-order valence-electron chi connectivity index (χ0n) is 13.2. The summed E-state index contributed by atoms with van der Waals surface area (Å²) in [6.45, 7) is 8.99. The minimum atomic E-state index is -0.0699. The lowest BCUT2D eigenvalue weighted by Crippen LogP contribution is -2.48. The Balaban J connectivity index is 1.93. The molecule has 1 aliphatic heterocycles. The minimum absolute atomic E-state index is 0.0699. The highest BCUT2D eigenvalue weighted by Crippen LogP contribution is 2.25. The van der Waals surface area contributed by atoms with E-state index < -0.39 is 0 Å². The van der Waals surface area contributed by atoms with Crippen molar-refractivity contribution in [1.29, 1.82) is 0 Å². The number of nitrogens with one attached hydrogen (secondary N) is 1. The van der Waals surface area contributed by atoms with Crippen molar-refractivity contribution in [2.24, 2.45) is 7.05 Å². The fraction of sp³-hybridized carbons (Fsp3) is 0.733. The highest BCUT2D eigenvalue weighted by Gasteiger charge is 2.34. The molecule has 1 amide bonds. The van der Waals surface area contributed by atoms with Gasteiger partial charge in [0.15, 0.2) is 0 Å². The van der Waals surface area contributed by atoms with Crippen LogP contribution in [0.3, 0.4) is 0 Å². The third-order valence-electron chi connectivity index (χ3n) is 4.64. The van der Waals surface area contributed by atoms with Crippen LogP contribution in [-0.4, -0.2) is 38.7 Å². The first-order valence-electron chi connectivity index (χ1n) is 7.44. The van der Waals surface area contributed by atoms with E-state index in [1.165, 1.54) is 12.8 Å². The van der Waals surface area contributed by atoms with Gasteiger partial charge in [-0.2, -0.15) is 5.10 Å². The van der Waals surface area contributed by atoms with Crippen molar-refractivity contribution in [3.05, 3.63) is 17.5 Å². The summed E-state index contributed by atoms with van der Waals surface area (Å²) >= 11 is 0. The highest BCUT2D eigenvalue weighted by molar-refractivity contribution is 5.81. The predicted octanol–water partition coefficient (Wildman–Crippen LogP) is 1.61. The van der Waals surface area contributed by atoms with E-state index in [2.05, 4.69) is 29.2 Å². The largest absolute Gasteiger partial charge is 0.351 e. The summed E-state index contributed by atoms with van der Waals surface area (Å²) in [4.78, 5) is 14.7. The van der Waals surface area contributed by atoms with E-state index in [0.29, 0.717) is 18.6 Å². The van der Waals surface area contributed by atoms with Crippen molar-refractivity contribution >= 4 is 5.91 Å². The Labute approximate surface area is 121 Å². The second-order valence-electron chi connectivity index (χ2n) is 6.00. The molecule has 1 aliphatic rings. The van der Waals surface area contributed by atoms with Crippen LogP contribution in [0.15, 0.2) is 6.20 Å². The van der Waals surface area contributed by atoms with Crippen LogP contribution in [-0.2, 0) is 18.4 Å². The zero-order chi connectivity index (χ0) is 14.9. The molecule has 0 unspecified atom stereocenters. The van der Waals surface area contributed by atoms with E-state index in [4.69, 9.17) is 0 Å². The highest BCUT2D eigenvalue weighted by atomic mass is 16.2. The number of hydrogen-bond donors (Lipinski definition) is 1. The number of likely N-dealkylation sites (tertiary alicyclic amines) is 1. The first kappa shape index (κ1) is 15.0. The van der Waals surface area contributed by atoms with Gasteiger partial charge in [-0.3, -0.25) is 14.4 Å². The number of nitrogens with zero attached hydrogens (tertiary/aromatic N) is 3. The van der Waals surface area contributed by atoms with Gasteiger partial charge in [0.25, 0.3) is 0 Å². The summed E-state index contributed by atoms with van der Waals surface area (Å²) in [5.74, 6) is 0.105. The summed E-state index contributed by atoms with van der Waals surface area (Å²) in [5.41, 5.74) is 2.18. The molecule has 3 atom stereocenters. The molecular weight excluding hydrogens is 252 g/mol. The number of carbonyl (C=O) groups excluding carboxylic acids is 1. The van der Waals surface area contributed by atoms with Gasteiger partial charge in [0, 0.05) is 36.9 Å². The van der Waals surface area contributed by atoms with Gasteiger partial charge in [0.05, 0.1) is 12.2 Å². The summed E-state index contributed by atoms with van der Waals surface area (Å²) < 4.78 is 1.83. The van der Waals surface area contributed by atoms with E-state index in [0.717, 1.165) is 11.3 Å². The molecule has 0 saturated carbocycles. The quantitative estimate of drug-likeness (QED) is 0.910. The van der Waals surface area contributed by atoms with Gasteiger partial charge in [0.1, 0.15) is 0 Å². The molecule has 0 aliphatic carbocycles. The number of aromatic nitrogens is 2. The molecule has 0 radical (unpaired) electrons. The smallest absolute Gasteiger partial charge is 0.237 e. The molecule has 0 aromatic carbocycles. The molecule has 1 aromatic rings. The first-order valence-corrected chi connectivity index (χ1v) is 7.44. The molecule has 2 rings (SSSR count). The number of rotatable bonds is 4. The summed E-state index contributed by atoms with van der Waals surface area (Å²) in [5, 5.41) is 7.23. The van der Waals surface area contributed by atoms with Crippen LogP contribution in [0.1, 0.15) is 44.9 Å². The molecule has 1 saturated heterocycles. The Kier molecular flexibility index (Phi) is 4.48. The maximum Gasteiger partial charge on any atom is 0.237 e. The normalized spacial score (nSPS) is 24.9. The van der Waals surface area contributed by atoms with Crippen LogP contribution in [0.2, 0.25) is 0 Å². The molecule has 20 heavy (non-hydrogen) atoms. The Morgan fingerprint density at radius 2 is 2.05 bits per heavy atom. The maximum atomic E-state index is 12.3. The van der Waals surface area contributed by atoms with Crippen LogP contribution in [0.5, 0.6) is 0 Å². The summed E-state index contributed by atoms with van der Waals surface area (Å²) in [6, 6.07) is 0.913. The average molecular weight is 278 g/mol. The predicted molar refractivity (Wildman–Crippen MR) is 79.3 cm³/mol. The second kappa shape index (κ2) is 5.95. The van der Waals surface area contributed by atoms with E-state index in [1.807, 2.05) is 31.8 Å². The van der Waals surface area contributed by atoms with Gasteiger partial charge in [-0.25, -0.2) is 0 Å². The van der Waals surface area contributed by atoms with Crippen molar-refractivity contribution in [3.8, 4) is 0 Å². The van der Waals surface area contributed by atoms with Crippen LogP contribution in [0.4, 0.5) is 0 Å². The van der Waals surface area contributed by atoms with Crippen LogP contribution in [0, 0.1) is 6.92 Å². The van der Waals surface area contributed by atoms with Crippen molar-refractivity contribution < 1.29 is 4.79 Å². The Hall–Kier alpha value is -1.36. The number of amides is 1. The average Bonchev–Trinajstić information content (AvgIpc) is 2.91. The van der Waals surface area contributed by atoms with Gasteiger partial charge in [-0.1, -0.05) is 0 Å². The fourth-order valence-corrected chi connectivity index (χ4v) is 3.16. The Morgan fingerprint density at radius 3 is 2.55 bits per heavy atom. The molecule has 0 bridgehead atoms. The van der Waals surface area contributed by atoms with Crippen molar-refractivity contribution in [3.63, 3.8) is 0 Å². The molecule has 2 heterocycles. The first-order chi connectivity index (χ1) is 9.41. The van der Waals surface area contributed by atoms with E-state index in [-0.39, 0.29) is 11.9 Å². The molecule has 5 heteroatoms. The molecule has 1 fully saturated rings. The standard InChI is InChI=1S/C15H26N4O/c1-10-6-7-11(2)19(10)13(4)15(20)16-8-14-9-17-18(5)12(14)3/h9-11,13H,6-8H2,1-5H3,(H,16,20)/t10-,11-,13-/m0/s1. The van der Waals surface area contributed by atoms with Gasteiger partial charge >= 0.3 is 0 Å². The lowest BCUT2D eigenvalue weighted by Gasteiger charge is -2.31. The van der Waals surface area contributed by atoms with Crippen LogP contribution < -0.4 is 5.32 Å².